The summed E-state index contributed by atoms with van der Waals surface area (Å²) < 4.78 is 10.8. The van der Waals surface area contributed by atoms with E-state index < -0.39 is 5.60 Å². The van der Waals surface area contributed by atoms with E-state index in [0.29, 0.717) is 26.2 Å². The predicted octanol–water partition coefficient (Wildman–Crippen LogP) is 1.88. The molecule has 0 radical (unpaired) electrons. The summed E-state index contributed by atoms with van der Waals surface area (Å²) in [5, 5.41) is 0. The topological polar surface area (TPSA) is 59.1 Å². The van der Waals surface area contributed by atoms with Gasteiger partial charge in [0.05, 0.1) is 12.0 Å². The first-order valence-electron chi connectivity index (χ1n) is 8.11. The van der Waals surface area contributed by atoms with Gasteiger partial charge >= 0.3 is 6.09 Å². The normalized spacial score (nSPS) is 26.2. The largest absolute Gasteiger partial charge is 0.444 e. The maximum absolute atomic E-state index is 12.6. The van der Waals surface area contributed by atoms with E-state index in [-0.39, 0.29) is 24.0 Å². The second kappa shape index (κ2) is 6.86. The van der Waals surface area contributed by atoms with Crippen molar-refractivity contribution < 1.29 is 19.1 Å². The summed E-state index contributed by atoms with van der Waals surface area (Å²) in [5.41, 5.74) is -0.487. The minimum atomic E-state index is -0.487. The monoisotopic (exact) mass is 312 g/mol. The fourth-order valence-electron chi connectivity index (χ4n) is 3.16. The van der Waals surface area contributed by atoms with Crippen LogP contribution >= 0.6 is 0 Å². The molecule has 0 spiro atoms. The van der Waals surface area contributed by atoms with E-state index in [2.05, 4.69) is 0 Å². The Kier molecular flexibility index (Phi) is 5.32. The number of rotatable bonds is 2. The zero-order valence-electron chi connectivity index (χ0n) is 14.1. The van der Waals surface area contributed by atoms with Crippen molar-refractivity contribution in [2.45, 2.75) is 51.7 Å². The average molecular weight is 312 g/mol. The van der Waals surface area contributed by atoms with Crippen LogP contribution in [0.15, 0.2) is 0 Å². The molecule has 6 nitrogen and oxygen atoms in total. The number of amides is 2. The third kappa shape index (κ3) is 4.12. The molecule has 1 aliphatic carbocycles. The highest BCUT2D eigenvalue weighted by atomic mass is 16.6. The van der Waals surface area contributed by atoms with E-state index >= 15 is 0 Å². The number of ether oxygens (including phenoxy) is 2. The highest BCUT2D eigenvalue weighted by Gasteiger charge is 2.37. The van der Waals surface area contributed by atoms with Gasteiger partial charge in [-0.2, -0.15) is 0 Å². The Labute approximate surface area is 132 Å². The smallest absolute Gasteiger partial charge is 0.410 e. The molecule has 2 rings (SSSR count). The van der Waals surface area contributed by atoms with Crippen molar-refractivity contribution >= 4 is 12.0 Å². The lowest BCUT2D eigenvalue weighted by Gasteiger charge is -2.37. The number of hydrogen-bond acceptors (Lipinski definition) is 4. The molecule has 1 heterocycles. The van der Waals surface area contributed by atoms with Crippen LogP contribution in [0.25, 0.3) is 0 Å². The number of methoxy groups -OCH3 is 1. The third-order valence-electron chi connectivity index (χ3n) is 4.32. The van der Waals surface area contributed by atoms with E-state index in [4.69, 9.17) is 9.47 Å². The van der Waals surface area contributed by atoms with Gasteiger partial charge in [0.2, 0.25) is 5.91 Å². The molecule has 2 unspecified atom stereocenters. The van der Waals surface area contributed by atoms with Crippen molar-refractivity contribution in [3.05, 3.63) is 0 Å². The van der Waals surface area contributed by atoms with Crippen LogP contribution in [0.1, 0.15) is 40.0 Å². The molecule has 0 N–H and O–H groups in total. The quantitative estimate of drug-likeness (QED) is 0.781. The molecule has 0 aromatic rings. The number of hydrogen-bond donors (Lipinski definition) is 0. The van der Waals surface area contributed by atoms with E-state index in [0.717, 1.165) is 19.3 Å². The van der Waals surface area contributed by atoms with Gasteiger partial charge in [-0.05, 0) is 40.0 Å². The number of carbonyl (C=O) groups is 2. The van der Waals surface area contributed by atoms with Crippen LogP contribution in [-0.2, 0) is 14.3 Å². The van der Waals surface area contributed by atoms with Crippen LogP contribution in [-0.4, -0.2) is 66.8 Å². The lowest BCUT2D eigenvalue weighted by atomic mass is 10.0. The van der Waals surface area contributed by atoms with Gasteiger partial charge in [0.1, 0.15) is 5.60 Å². The summed E-state index contributed by atoms with van der Waals surface area (Å²) in [6, 6.07) is 0. The summed E-state index contributed by atoms with van der Waals surface area (Å²) in [6.07, 6.45) is 2.67. The van der Waals surface area contributed by atoms with Crippen LogP contribution in [0.3, 0.4) is 0 Å². The van der Waals surface area contributed by atoms with Crippen molar-refractivity contribution in [2.24, 2.45) is 5.92 Å². The fraction of sp³-hybridized carbons (Fsp3) is 0.875. The molecule has 6 heteroatoms. The van der Waals surface area contributed by atoms with Crippen molar-refractivity contribution in [3.8, 4) is 0 Å². The van der Waals surface area contributed by atoms with Crippen LogP contribution in [0.2, 0.25) is 0 Å². The second-order valence-corrected chi connectivity index (χ2v) is 7.10. The van der Waals surface area contributed by atoms with Crippen LogP contribution in [0.5, 0.6) is 0 Å². The first kappa shape index (κ1) is 17.1. The predicted molar refractivity (Wildman–Crippen MR) is 82.5 cm³/mol. The molecule has 2 fully saturated rings. The number of piperazine rings is 1. The summed E-state index contributed by atoms with van der Waals surface area (Å²) in [5.74, 6) is 0.159. The molecule has 1 saturated carbocycles. The molecule has 0 aromatic heterocycles. The van der Waals surface area contributed by atoms with Gasteiger partial charge in [-0.15, -0.1) is 0 Å². The summed E-state index contributed by atoms with van der Waals surface area (Å²) in [4.78, 5) is 28.2. The van der Waals surface area contributed by atoms with E-state index in [9.17, 15) is 9.59 Å². The highest BCUT2D eigenvalue weighted by molar-refractivity contribution is 5.80. The molecular weight excluding hydrogens is 284 g/mol. The number of carbonyl (C=O) groups excluding carboxylic acids is 2. The van der Waals surface area contributed by atoms with Gasteiger partial charge in [-0.1, -0.05) is 0 Å². The van der Waals surface area contributed by atoms with E-state index in [1.165, 1.54) is 0 Å². The molecule has 126 valence electrons. The second-order valence-electron chi connectivity index (χ2n) is 7.10. The van der Waals surface area contributed by atoms with Gasteiger partial charge in [-0.3, -0.25) is 4.79 Å². The third-order valence-corrected chi connectivity index (χ3v) is 4.32. The molecule has 1 aliphatic heterocycles. The zero-order valence-corrected chi connectivity index (χ0v) is 14.1. The molecule has 2 atom stereocenters. The average Bonchev–Trinajstić information content (AvgIpc) is 2.93. The molecule has 0 bridgehead atoms. The minimum absolute atomic E-state index is 0.0157. The molecule has 2 aliphatic rings. The Balaban J connectivity index is 1.84. The summed E-state index contributed by atoms with van der Waals surface area (Å²) in [6.45, 7) is 7.78. The Morgan fingerprint density at radius 2 is 1.59 bits per heavy atom. The maximum Gasteiger partial charge on any atom is 0.410 e. The van der Waals surface area contributed by atoms with Gasteiger partial charge in [-0.25, -0.2) is 4.79 Å². The fourth-order valence-corrected chi connectivity index (χ4v) is 3.16. The van der Waals surface area contributed by atoms with Crippen molar-refractivity contribution in [2.75, 3.05) is 33.3 Å². The lowest BCUT2D eigenvalue weighted by molar-refractivity contribution is -0.140. The van der Waals surface area contributed by atoms with Crippen molar-refractivity contribution in [1.29, 1.82) is 0 Å². The lowest BCUT2D eigenvalue weighted by Crippen LogP contribution is -2.53. The Morgan fingerprint density at radius 3 is 2.14 bits per heavy atom. The van der Waals surface area contributed by atoms with Gasteiger partial charge in [0.15, 0.2) is 0 Å². The van der Waals surface area contributed by atoms with Gasteiger partial charge < -0.3 is 19.3 Å². The van der Waals surface area contributed by atoms with Crippen LogP contribution in [0, 0.1) is 5.92 Å². The molecule has 22 heavy (non-hydrogen) atoms. The Bertz CT molecular complexity index is 411. The minimum Gasteiger partial charge on any atom is -0.444 e. The number of nitrogens with zero attached hydrogens (tertiary/aromatic N) is 2. The molecule has 0 aromatic carbocycles. The highest BCUT2D eigenvalue weighted by Crippen LogP contribution is 2.29. The van der Waals surface area contributed by atoms with Gasteiger partial charge in [0, 0.05) is 33.3 Å². The first-order chi connectivity index (χ1) is 10.3. The molecule has 2 amide bonds. The van der Waals surface area contributed by atoms with Gasteiger partial charge in [0.25, 0.3) is 0 Å². The molecule has 1 saturated heterocycles. The SMILES string of the molecule is COC1CCCC1C(=O)N1CCN(C(=O)OC(C)(C)C)CC1. The van der Waals surface area contributed by atoms with Crippen LogP contribution < -0.4 is 0 Å². The van der Waals surface area contributed by atoms with E-state index in [1.807, 2.05) is 25.7 Å². The van der Waals surface area contributed by atoms with Crippen molar-refractivity contribution in [3.63, 3.8) is 0 Å². The standard InChI is InChI=1S/C16H28N2O4/c1-16(2,3)22-15(20)18-10-8-17(9-11-18)14(19)12-6-5-7-13(12)21-4/h12-13H,5-11H2,1-4H3. The maximum atomic E-state index is 12.6. The van der Waals surface area contributed by atoms with E-state index in [1.54, 1.807) is 12.0 Å². The summed E-state index contributed by atoms with van der Waals surface area (Å²) in [7, 11) is 1.68. The van der Waals surface area contributed by atoms with Crippen molar-refractivity contribution in [1.82, 2.24) is 9.80 Å². The summed E-state index contributed by atoms with van der Waals surface area (Å²) >= 11 is 0. The Hall–Kier alpha value is -1.30. The Morgan fingerprint density at radius 1 is 1.00 bits per heavy atom. The first-order valence-corrected chi connectivity index (χ1v) is 8.11. The van der Waals surface area contributed by atoms with Crippen LogP contribution in [0.4, 0.5) is 4.79 Å². The molecular formula is C16H28N2O4. The zero-order chi connectivity index (χ0) is 16.3.